The maximum atomic E-state index is 13.0. The SMILES string of the molecule is Cc1cc(CN2CCN(C(=O)COc3ccc(F)cc3Cl)CC2)on1. The number of carbonyl (C=O) groups excluding carboxylic acids is 1. The van der Waals surface area contributed by atoms with E-state index >= 15 is 0 Å². The lowest BCUT2D eigenvalue weighted by Crippen LogP contribution is -2.49. The number of aromatic nitrogens is 1. The number of halogens is 2. The summed E-state index contributed by atoms with van der Waals surface area (Å²) in [5.41, 5.74) is 0.861. The van der Waals surface area contributed by atoms with Crippen molar-refractivity contribution in [1.29, 1.82) is 0 Å². The number of aryl methyl sites for hydroxylation is 1. The third-order valence-electron chi connectivity index (χ3n) is 4.03. The summed E-state index contributed by atoms with van der Waals surface area (Å²) in [6.45, 7) is 5.19. The van der Waals surface area contributed by atoms with Crippen LogP contribution in [0.3, 0.4) is 0 Å². The second-order valence-electron chi connectivity index (χ2n) is 5.95. The molecule has 2 aromatic rings. The van der Waals surface area contributed by atoms with Crippen LogP contribution >= 0.6 is 11.6 Å². The Kier molecular flexibility index (Phi) is 5.55. The Bertz CT molecular complexity index is 744. The van der Waals surface area contributed by atoms with Crippen LogP contribution in [0.25, 0.3) is 0 Å². The fourth-order valence-corrected chi connectivity index (χ4v) is 2.91. The fraction of sp³-hybridized carbons (Fsp3) is 0.412. The van der Waals surface area contributed by atoms with Gasteiger partial charge in [-0.2, -0.15) is 0 Å². The van der Waals surface area contributed by atoms with Gasteiger partial charge in [0.25, 0.3) is 5.91 Å². The third kappa shape index (κ3) is 4.70. The fourth-order valence-electron chi connectivity index (χ4n) is 2.69. The number of benzene rings is 1. The second-order valence-corrected chi connectivity index (χ2v) is 6.36. The Hall–Kier alpha value is -2.12. The highest BCUT2D eigenvalue weighted by Gasteiger charge is 2.22. The average Bonchev–Trinajstić information content (AvgIpc) is 2.99. The van der Waals surface area contributed by atoms with Gasteiger partial charge in [-0.15, -0.1) is 0 Å². The Morgan fingerprint density at radius 1 is 1.32 bits per heavy atom. The molecule has 0 spiro atoms. The van der Waals surface area contributed by atoms with Crippen molar-refractivity contribution in [2.75, 3.05) is 32.8 Å². The number of piperazine rings is 1. The number of hydrogen-bond acceptors (Lipinski definition) is 5. The number of hydrogen-bond donors (Lipinski definition) is 0. The lowest BCUT2D eigenvalue weighted by Gasteiger charge is -2.34. The minimum Gasteiger partial charge on any atom is -0.482 e. The molecular weight excluding hydrogens is 349 g/mol. The minimum absolute atomic E-state index is 0.115. The molecular formula is C17H19ClFN3O3. The molecule has 1 aromatic heterocycles. The zero-order valence-electron chi connectivity index (χ0n) is 13.9. The zero-order valence-corrected chi connectivity index (χ0v) is 14.6. The van der Waals surface area contributed by atoms with Crippen LogP contribution in [-0.4, -0.2) is 53.6 Å². The summed E-state index contributed by atoms with van der Waals surface area (Å²) in [4.78, 5) is 16.2. The standard InChI is InChI=1S/C17H19ClFN3O3/c1-12-8-14(25-20-12)10-21-4-6-22(7-5-21)17(23)11-24-16-3-2-13(19)9-15(16)18/h2-3,8-9H,4-7,10-11H2,1H3. The molecule has 1 aromatic carbocycles. The predicted octanol–water partition coefficient (Wildman–Crippen LogP) is 2.50. The van der Waals surface area contributed by atoms with E-state index in [0.717, 1.165) is 30.6 Å². The van der Waals surface area contributed by atoms with Crippen molar-refractivity contribution >= 4 is 17.5 Å². The van der Waals surface area contributed by atoms with Crippen molar-refractivity contribution in [2.45, 2.75) is 13.5 Å². The molecule has 6 nitrogen and oxygen atoms in total. The summed E-state index contributed by atoms with van der Waals surface area (Å²) in [5.74, 6) is 0.569. The number of amides is 1. The first-order chi connectivity index (χ1) is 12.0. The zero-order chi connectivity index (χ0) is 17.8. The Morgan fingerprint density at radius 3 is 2.72 bits per heavy atom. The van der Waals surface area contributed by atoms with E-state index in [-0.39, 0.29) is 17.5 Å². The van der Waals surface area contributed by atoms with E-state index in [1.54, 1.807) is 4.90 Å². The van der Waals surface area contributed by atoms with Crippen LogP contribution in [0.5, 0.6) is 5.75 Å². The molecule has 1 saturated heterocycles. The summed E-state index contributed by atoms with van der Waals surface area (Å²) in [7, 11) is 0. The molecule has 1 aliphatic heterocycles. The lowest BCUT2D eigenvalue weighted by atomic mass is 10.3. The highest BCUT2D eigenvalue weighted by molar-refractivity contribution is 6.32. The van der Waals surface area contributed by atoms with E-state index < -0.39 is 5.82 Å². The molecule has 1 aliphatic rings. The predicted molar refractivity (Wildman–Crippen MR) is 90.0 cm³/mol. The Balaban J connectivity index is 1.45. The Labute approximate surface area is 150 Å². The van der Waals surface area contributed by atoms with Gasteiger partial charge in [-0.3, -0.25) is 9.69 Å². The average molecular weight is 368 g/mol. The third-order valence-corrected chi connectivity index (χ3v) is 4.32. The van der Waals surface area contributed by atoms with Gasteiger partial charge in [0, 0.05) is 32.2 Å². The van der Waals surface area contributed by atoms with Gasteiger partial charge in [0.05, 0.1) is 17.3 Å². The molecule has 25 heavy (non-hydrogen) atoms. The molecule has 0 bridgehead atoms. The van der Waals surface area contributed by atoms with Crippen molar-refractivity contribution < 1.29 is 18.4 Å². The number of carbonyl (C=O) groups is 1. The van der Waals surface area contributed by atoms with Gasteiger partial charge in [-0.25, -0.2) is 4.39 Å². The van der Waals surface area contributed by atoms with E-state index in [1.807, 2.05) is 13.0 Å². The maximum absolute atomic E-state index is 13.0. The first kappa shape index (κ1) is 17.7. The van der Waals surface area contributed by atoms with Gasteiger partial charge in [0.2, 0.25) is 0 Å². The first-order valence-electron chi connectivity index (χ1n) is 8.01. The van der Waals surface area contributed by atoms with Gasteiger partial charge in [-0.05, 0) is 25.1 Å². The second kappa shape index (κ2) is 7.84. The summed E-state index contributed by atoms with van der Waals surface area (Å²) >= 11 is 5.89. The number of ether oxygens (including phenoxy) is 1. The number of rotatable bonds is 5. The van der Waals surface area contributed by atoms with Crippen LogP contribution in [-0.2, 0) is 11.3 Å². The molecule has 3 rings (SSSR count). The van der Waals surface area contributed by atoms with Gasteiger partial charge in [0.1, 0.15) is 11.6 Å². The van der Waals surface area contributed by atoms with E-state index in [0.29, 0.717) is 25.4 Å². The smallest absolute Gasteiger partial charge is 0.260 e. The van der Waals surface area contributed by atoms with Crippen molar-refractivity contribution in [1.82, 2.24) is 15.0 Å². The van der Waals surface area contributed by atoms with Gasteiger partial charge < -0.3 is 14.2 Å². The number of nitrogens with zero attached hydrogens (tertiary/aromatic N) is 3. The highest BCUT2D eigenvalue weighted by Crippen LogP contribution is 2.24. The van der Waals surface area contributed by atoms with Crippen LogP contribution < -0.4 is 4.74 Å². The molecule has 0 unspecified atom stereocenters. The highest BCUT2D eigenvalue weighted by atomic mass is 35.5. The van der Waals surface area contributed by atoms with Crippen LogP contribution in [0.4, 0.5) is 4.39 Å². The first-order valence-corrected chi connectivity index (χ1v) is 8.39. The normalized spacial score (nSPS) is 15.4. The van der Waals surface area contributed by atoms with Crippen molar-refractivity contribution in [2.24, 2.45) is 0 Å². The molecule has 0 radical (unpaired) electrons. The van der Waals surface area contributed by atoms with Gasteiger partial charge in [0.15, 0.2) is 12.4 Å². The molecule has 2 heterocycles. The topological polar surface area (TPSA) is 58.8 Å². The summed E-state index contributed by atoms with van der Waals surface area (Å²) < 4.78 is 23.6. The monoisotopic (exact) mass is 367 g/mol. The molecule has 0 N–H and O–H groups in total. The summed E-state index contributed by atoms with van der Waals surface area (Å²) in [5, 5.41) is 4.03. The van der Waals surface area contributed by atoms with Crippen LogP contribution in [0.1, 0.15) is 11.5 Å². The molecule has 0 saturated carbocycles. The van der Waals surface area contributed by atoms with E-state index in [9.17, 15) is 9.18 Å². The molecule has 0 atom stereocenters. The summed E-state index contributed by atoms with van der Waals surface area (Å²) in [6, 6.07) is 5.74. The van der Waals surface area contributed by atoms with Crippen LogP contribution in [0.2, 0.25) is 5.02 Å². The molecule has 8 heteroatoms. The molecule has 134 valence electrons. The largest absolute Gasteiger partial charge is 0.482 e. The van der Waals surface area contributed by atoms with Gasteiger partial charge in [-0.1, -0.05) is 16.8 Å². The van der Waals surface area contributed by atoms with Crippen molar-refractivity contribution in [3.63, 3.8) is 0 Å². The van der Waals surface area contributed by atoms with Crippen molar-refractivity contribution in [3.8, 4) is 5.75 Å². The van der Waals surface area contributed by atoms with E-state index in [2.05, 4.69) is 10.1 Å². The quantitative estimate of drug-likeness (QED) is 0.812. The Morgan fingerprint density at radius 2 is 2.08 bits per heavy atom. The molecule has 1 fully saturated rings. The van der Waals surface area contributed by atoms with E-state index in [4.69, 9.17) is 20.9 Å². The molecule has 0 aliphatic carbocycles. The van der Waals surface area contributed by atoms with Crippen LogP contribution in [0, 0.1) is 12.7 Å². The lowest BCUT2D eigenvalue weighted by molar-refractivity contribution is -0.135. The van der Waals surface area contributed by atoms with Gasteiger partial charge >= 0.3 is 0 Å². The molecule has 1 amide bonds. The minimum atomic E-state index is -0.443. The van der Waals surface area contributed by atoms with Crippen LogP contribution in [0.15, 0.2) is 28.8 Å². The van der Waals surface area contributed by atoms with E-state index in [1.165, 1.54) is 12.1 Å². The van der Waals surface area contributed by atoms with Crippen molar-refractivity contribution in [3.05, 3.63) is 46.6 Å². The maximum Gasteiger partial charge on any atom is 0.260 e. The summed E-state index contributed by atoms with van der Waals surface area (Å²) in [6.07, 6.45) is 0.